The third kappa shape index (κ3) is 3.31. The van der Waals surface area contributed by atoms with Crippen molar-refractivity contribution in [1.82, 2.24) is 9.13 Å². The first kappa shape index (κ1) is 19.9. The second-order valence-electron chi connectivity index (χ2n) is 7.45. The molecular formula is C26H18N2O3S. The highest BCUT2D eigenvalue weighted by molar-refractivity contribution is 7.71. The lowest BCUT2D eigenvalue weighted by molar-refractivity contribution is 0.586. The molecule has 2 heterocycles. The van der Waals surface area contributed by atoms with Crippen molar-refractivity contribution in [1.29, 1.82) is 0 Å². The summed E-state index contributed by atoms with van der Waals surface area (Å²) in [5, 5.41) is -0.0535. The fourth-order valence-electron chi connectivity index (χ4n) is 3.69. The van der Waals surface area contributed by atoms with E-state index in [-0.39, 0.29) is 15.9 Å². The van der Waals surface area contributed by atoms with Gasteiger partial charge in [0.05, 0.1) is 11.4 Å². The Labute approximate surface area is 188 Å². The zero-order chi connectivity index (χ0) is 22.2. The van der Waals surface area contributed by atoms with E-state index in [1.165, 1.54) is 10.6 Å². The molecule has 0 spiro atoms. The first-order valence-electron chi connectivity index (χ1n) is 10.1. The maximum absolute atomic E-state index is 13.5. The van der Waals surface area contributed by atoms with Gasteiger partial charge in [-0.2, -0.15) is 0 Å². The standard InChI is InChI=1S/C26H18N2O3S/c1-17-12-14-18(15-13-17)22-16-21(29)23-24(30)27(19-8-4-2-5-9-19)26(32)28(25(23)31-22)20-10-6-3-7-11-20/h2-16H,1H3. The highest BCUT2D eigenvalue weighted by atomic mass is 32.1. The number of benzene rings is 3. The van der Waals surface area contributed by atoms with Crippen LogP contribution in [0, 0.1) is 11.7 Å². The van der Waals surface area contributed by atoms with Gasteiger partial charge in [-0.05, 0) is 43.4 Å². The lowest BCUT2D eigenvalue weighted by atomic mass is 10.1. The summed E-state index contributed by atoms with van der Waals surface area (Å²) in [4.78, 5) is 26.7. The van der Waals surface area contributed by atoms with Gasteiger partial charge in [-0.25, -0.2) is 0 Å². The smallest absolute Gasteiger partial charge is 0.274 e. The molecule has 0 aliphatic heterocycles. The van der Waals surface area contributed by atoms with Crippen LogP contribution in [-0.2, 0) is 0 Å². The van der Waals surface area contributed by atoms with E-state index >= 15 is 0 Å². The Bertz CT molecular complexity index is 1610. The minimum absolute atomic E-state index is 0.0535. The molecule has 0 unspecified atom stereocenters. The van der Waals surface area contributed by atoms with Gasteiger partial charge < -0.3 is 4.42 Å². The van der Waals surface area contributed by atoms with Crippen molar-refractivity contribution < 1.29 is 4.42 Å². The number of rotatable bonds is 3. The molecule has 0 aliphatic rings. The van der Waals surface area contributed by atoms with Crippen LogP contribution in [0.5, 0.6) is 0 Å². The summed E-state index contributed by atoms with van der Waals surface area (Å²) in [7, 11) is 0. The van der Waals surface area contributed by atoms with Crippen molar-refractivity contribution in [3.8, 4) is 22.7 Å². The minimum atomic E-state index is -0.507. The Morgan fingerprint density at radius 2 is 1.31 bits per heavy atom. The Morgan fingerprint density at radius 3 is 1.91 bits per heavy atom. The summed E-state index contributed by atoms with van der Waals surface area (Å²) in [6.07, 6.45) is 0. The molecule has 0 saturated carbocycles. The molecule has 0 N–H and O–H groups in total. The Balaban J connectivity index is 1.94. The molecule has 5 aromatic rings. The highest BCUT2D eigenvalue weighted by Crippen LogP contribution is 2.24. The van der Waals surface area contributed by atoms with Crippen LogP contribution >= 0.6 is 12.2 Å². The largest absolute Gasteiger partial charge is 0.439 e. The summed E-state index contributed by atoms with van der Waals surface area (Å²) in [6.45, 7) is 1.99. The molecule has 5 nitrogen and oxygen atoms in total. The quantitative estimate of drug-likeness (QED) is 0.352. The van der Waals surface area contributed by atoms with Crippen molar-refractivity contribution in [2.24, 2.45) is 0 Å². The molecule has 3 aromatic carbocycles. The van der Waals surface area contributed by atoms with Crippen molar-refractivity contribution in [2.45, 2.75) is 6.92 Å². The summed E-state index contributed by atoms with van der Waals surface area (Å²) in [5.74, 6) is 0.374. The van der Waals surface area contributed by atoms with Gasteiger partial charge in [0.15, 0.2) is 4.77 Å². The third-order valence-corrected chi connectivity index (χ3v) is 5.66. The first-order valence-corrected chi connectivity index (χ1v) is 10.5. The number of aromatic nitrogens is 2. The SMILES string of the molecule is Cc1ccc(-c2cc(=O)c3c(=O)n(-c4ccccc4)c(=S)n(-c4ccccc4)c3o2)cc1. The van der Waals surface area contributed by atoms with Gasteiger partial charge in [-0.1, -0.05) is 66.2 Å². The van der Waals surface area contributed by atoms with Gasteiger partial charge >= 0.3 is 0 Å². The molecule has 32 heavy (non-hydrogen) atoms. The molecule has 0 aliphatic carbocycles. The zero-order valence-electron chi connectivity index (χ0n) is 17.2. The minimum Gasteiger partial charge on any atom is -0.439 e. The van der Waals surface area contributed by atoms with Crippen LogP contribution in [0.4, 0.5) is 0 Å². The second-order valence-corrected chi connectivity index (χ2v) is 7.82. The highest BCUT2D eigenvalue weighted by Gasteiger charge is 2.19. The van der Waals surface area contributed by atoms with Crippen LogP contribution in [-0.4, -0.2) is 9.13 Å². The number of para-hydroxylation sites is 2. The molecule has 6 heteroatoms. The lowest BCUT2D eigenvalue weighted by Crippen LogP contribution is -2.28. The van der Waals surface area contributed by atoms with E-state index in [0.29, 0.717) is 17.1 Å². The molecule has 156 valence electrons. The first-order chi connectivity index (χ1) is 15.5. The van der Waals surface area contributed by atoms with Crippen LogP contribution < -0.4 is 11.0 Å². The molecule has 0 radical (unpaired) electrons. The Morgan fingerprint density at radius 1 is 0.750 bits per heavy atom. The van der Waals surface area contributed by atoms with Crippen molar-refractivity contribution in [3.63, 3.8) is 0 Å². The average molecular weight is 439 g/mol. The maximum Gasteiger partial charge on any atom is 0.274 e. The van der Waals surface area contributed by atoms with Crippen molar-refractivity contribution in [2.75, 3.05) is 0 Å². The van der Waals surface area contributed by atoms with Gasteiger partial charge in [0.2, 0.25) is 11.1 Å². The van der Waals surface area contributed by atoms with E-state index in [1.807, 2.05) is 79.7 Å². The number of hydrogen-bond acceptors (Lipinski definition) is 4. The Hall–Kier alpha value is -4.03. The number of fused-ring (bicyclic) bond motifs is 1. The zero-order valence-corrected chi connectivity index (χ0v) is 18.0. The van der Waals surface area contributed by atoms with Crippen LogP contribution in [0.3, 0.4) is 0 Å². The molecule has 0 atom stereocenters. The van der Waals surface area contributed by atoms with Crippen LogP contribution in [0.1, 0.15) is 5.56 Å². The van der Waals surface area contributed by atoms with E-state index in [9.17, 15) is 9.59 Å². The fraction of sp³-hybridized carbons (Fsp3) is 0.0385. The monoisotopic (exact) mass is 438 g/mol. The molecule has 5 rings (SSSR count). The summed E-state index contributed by atoms with van der Waals surface area (Å²) in [5.41, 5.74) is 2.31. The summed E-state index contributed by atoms with van der Waals surface area (Å²) in [6, 6.07) is 27.4. The normalized spacial score (nSPS) is 11.0. The third-order valence-electron chi connectivity index (χ3n) is 5.30. The van der Waals surface area contributed by atoms with E-state index in [4.69, 9.17) is 16.6 Å². The van der Waals surface area contributed by atoms with E-state index in [1.54, 1.807) is 16.7 Å². The van der Waals surface area contributed by atoms with Gasteiger partial charge in [0.25, 0.3) is 5.56 Å². The molecular weight excluding hydrogens is 420 g/mol. The van der Waals surface area contributed by atoms with E-state index in [0.717, 1.165) is 11.1 Å². The van der Waals surface area contributed by atoms with Crippen LogP contribution in [0.15, 0.2) is 105 Å². The summed E-state index contributed by atoms with van der Waals surface area (Å²) < 4.78 is 9.41. The maximum atomic E-state index is 13.5. The molecule has 0 bridgehead atoms. The molecule has 0 amide bonds. The predicted molar refractivity (Wildman–Crippen MR) is 128 cm³/mol. The van der Waals surface area contributed by atoms with Gasteiger partial charge in [0, 0.05) is 11.6 Å². The predicted octanol–water partition coefficient (Wildman–Crippen LogP) is 5.44. The topological polar surface area (TPSA) is 57.1 Å². The number of aryl methyl sites for hydroxylation is 1. The second kappa shape index (κ2) is 7.90. The van der Waals surface area contributed by atoms with Gasteiger partial charge in [0.1, 0.15) is 11.1 Å². The van der Waals surface area contributed by atoms with E-state index in [2.05, 4.69) is 0 Å². The average Bonchev–Trinajstić information content (AvgIpc) is 2.80. The Kier molecular flexibility index (Phi) is 4.92. The van der Waals surface area contributed by atoms with Crippen LogP contribution in [0.25, 0.3) is 33.8 Å². The molecule has 2 aromatic heterocycles. The summed E-state index contributed by atoms with van der Waals surface area (Å²) >= 11 is 5.76. The van der Waals surface area contributed by atoms with Crippen molar-refractivity contribution in [3.05, 3.63) is 122 Å². The van der Waals surface area contributed by atoms with E-state index < -0.39 is 11.0 Å². The number of hydrogen-bond donors (Lipinski definition) is 0. The van der Waals surface area contributed by atoms with Gasteiger partial charge in [-0.3, -0.25) is 18.7 Å². The van der Waals surface area contributed by atoms with Crippen LogP contribution in [0.2, 0.25) is 0 Å². The number of nitrogens with zero attached hydrogens (tertiary/aromatic N) is 2. The lowest BCUT2D eigenvalue weighted by Gasteiger charge is -2.15. The van der Waals surface area contributed by atoms with Crippen molar-refractivity contribution >= 4 is 23.3 Å². The van der Waals surface area contributed by atoms with Gasteiger partial charge in [-0.15, -0.1) is 0 Å². The fourth-order valence-corrected chi connectivity index (χ4v) is 4.07. The molecule has 0 saturated heterocycles. The molecule has 0 fully saturated rings.